The lowest BCUT2D eigenvalue weighted by molar-refractivity contribution is 0.126. The van der Waals surface area contributed by atoms with E-state index >= 15 is 0 Å². The highest BCUT2D eigenvalue weighted by Crippen LogP contribution is 2.37. The molecule has 0 N–H and O–H groups in total. The van der Waals surface area contributed by atoms with E-state index in [1.807, 2.05) is 0 Å². The third-order valence-electron chi connectivity index (χ3n) is 4.70. The van der Waals surface area contributed by atoms with Crippen LogP contribution in [0.25, 0.3) is 0 Å². The van der Waals surface area contributed by atoms with Gasteiger partial charge in [0, 0.05) is 30.6 Å². The van der Waals surface area contributed by atoms with Gasteiger partial charge in [-0.15, -0.1) is 11.6 Å². The summed E-state index contributed by atoms with van der Waals surface area (Å²) in [6.45, 7) is 5.25. The third kappa shape index (κ3) is 2.25. The molecule has 0 spiro atoms. The summed E-state index contributed by atoms with van der Waals surface area (Å²) < 4.78 is 0. The fourth-order valence-electron chi connectivity index (χ4n) is 3.84. The highest BCUT2D eigenvalue weighted by molar-refractivity contribution is 6.20. The van der Waals surface area contributed by atoms with Crippen LogP contribution in [0.3, 0.4) is 0 Å². The molecule has 3 saturated heterocycles. The van der Waals surface area contributed by atoms with Crippen molar-refractivity contribution in [3.63, 3.8) is 0 Å². The molecule has 2 bridgehead atoms. The monoisotopic (exact) mass is 242 g/mol. The Hall–Kier alpha value is 0.210. The van der Waals surface area contributed by atoms with Crippen LogP contribution in [0.5, 0.6) is 0 Å². The summed E-state index contributed by atoms with van der Waals surface area (Å²) in [5.41, 5.74) is 0. The van der Waals surface area contributed by atoms with Crippen LogP contribution in [-0.2, 0) is 0 Å². The highest BCUT2D eigenvalue weighted by atomic mass is 35.5. The van der Waals surface area contributed by atoms with Gasteiger partial charge in [0.1, 0.15) is 0 Å². The van der Waals surface area contributed by atoms with Gasteiger partial charge in [-0.25, -0.2) is 0 Å². The van der Waals surface area contributed by atoms with Crippen molar-refractivity contribution in [2.75, 3.05) is 26.2 Å². The van der Waals surface area contributed by atoms with Crippen molar-refractivity contribution in [1.82, 2.24) is 9.80 Å². The van der Waals surface area contributed by atoms with Crippen LogP contribution in [0, 0.1) is 0 Å². The van der Waals surface area contributed by atoms with E-state index in [9.17, 15) is 0 Å². The summed E-state index contributed by atoms with van der Waals surface area (Å²) in [6.07, 6.45) is 8.09. The number of piperidine rings is 1. The molecule has 0 radical (unpaired) electrons. The molecule has 0 aromatic rings. The Kier molecular flexibility index (Phi) is 3.42. The molecule has 3 heteroatoms. The lowest BCUT2D eigenvalue weighted by Gasteiger charge is -2.37. The Morgan fingerprint density at radius 1 is 0.938 bits per heavy atom. The second-order valence-corrected chi connectivity index (χ2v) is 6.36. The summed E-state index contributed by atoms with van der Waals surface area (Å²) in [4.78, 5) is 5.39. The molecule has 0 aromatic carbocycles. The first-order valence-corrected chi connectivity index (χ1v) is 7.39. The summed E-state index contributed by atoms with van der Waals surface area (Å²) in [7, 11) is 0. The van der Waals surface area contributed by atoms with E-state index in [0.29, 0.717) is 5.38 Å². The van der Waals surface area contributed by atoms with Crippen LogP contribution < -0.4 is 0 Å². The number of alkyl halides is 1. The average molecular weight is 243 g/mol. The zero-order valence-electron chi connectivity index (χ0n) is 10.1. The molecule has 2 atom stereocenters. The van der Waals surface area contributed by atoms with E-state index in [4.69, 9.17) is 11.6 Å². The van der Waals surface area contributed by atoms with Crippen molar-refractivity contribution in [3.05, 3.63) is 0 Å². The molecule has 3 fully saturated rings. The zero-order valence-corrected chi connectivity index (χ0v) is 10.8. The van der Waals surface area contributed by atoms with Gasteiger partial charge in [0.25, 0.3) is 0 Å². The fourth-order valence-corrected chi connectivity index (χ4v) is 4.25. The molecule has 0 aromatic heterocycles. The summed E-state index contributed by atoms with van der Waals surface area (Å²) in [5, 5.41) is 0.459. The van der Waals surface area contributed by atoms with Crippen LogP contribution >= 0.6 is 11.6 Å². The Morgan fingerprint density at radius 2 is 1.56 bits per heavy atom. The van der Waals surface area contributed by atoms with Crippen LogP contribution in [0.2, 0.25) is 0 Å². The molecule has 3 aliphatic rings. The SMILES string of the molecule is ClC1CC2CCC(C1)N2CCN1CCCC1. The minimum Gasteiger partial charge on any atom is -0.302 e. The highest BCUT2D eigenvalue weighted by Gasteiger charge is 2.39. The Balaban J connectivity index is 1.51. The maximum Gasteiger partial charge on any atom is 0.0365 e. The van der Waals surface area contributed by atoms with Gasteiger partial charge in [0.15, 0.2) is 0 Å². The fraction of sp³-hybridized carbons (Fsp3) is 1.00. The third-order valence-corrected chi connectivity index (χ3v) is 5.06. The summed E-state index contributed by atoms with van der Waals surface area (Å²) in [6, 6.07) is 1.62. The van der Waals surface area contributed by atoms with E-state index < -0.39 is 0 Å². The van der Waals surface area contributed by atoms with Gasteiger partial charge >= 0.3 is 0 Å². The zero-order chi connectivity index (χ0) is 11.0. The molecule has 2 unspecified atom stereocenters. The molecule has 16 heavy (non-hydrogen) atoms. The average Bonchev–Trinajstić information content (AvgIpc) is 2.83. The first kappa shape index (κ1) is 11.3. The predicted octanol–water partition coefficient (Wildman–Crippen LogP) is 2.32. The number of rotatable bonds is 3. The minimum atomic E-state index is 0.459. The Labute approximate surface area is 104 Å². The maximum absolute atomic E-state index is 6.30. The molecular weight excluding hydrogens is 220 g/mol. The number of nitrogens with zero attached hydrogens (tertiary/aromatic N) is 2. The van der Waals surface area contributed by atoms with Crippen LogP contribution in [0.15, 0.2) is 0 Å². The molecule has 2 nitrogen and oxygen atoms in total. The normalized spacial score (nSPS) is 40.7. The number of hydrogen-bond donors (Lipinski definition) is 0. The Morgan fingerprint density at radius 3 is 2.19 bits per heavy atom. The number of halogens is 1. The second kappa shape index (κ2) is 4.83. The number of hydrogen-bond acceptors (Lipinski definition) is 2. The van der Waals surface area contributed by atoms with Crippen molar-refractivity contribution >= 4 is 11.6 Å². The van der Waals surface area contributed by atoms with Crippen molar-refractivity contribution < 1.29 is 0 Å². The summed E-state index contributed by atoms with van der Waals surface area (Å²) in [5.74, 6) is 0. The van der Waals surface area contributed by atoms with Gasteiger partial charge in [-0.1, -0.05) is 0 Å². The molecule has 0 amide bonds. The lowest BCUT2D eigenvalue weighted by atomic mass is 10.0. The molecule has 3 heterocycles. The second-order valence-electron chi connectivity index (χ2n) is 5.74. The van der Waals surface area contributed by atoms with E-state index in [2.05, 4.69) is 9.80 Å². The van der Waals surface area contributed by atoms with Crippen molar-refractivity contribution in [2.45, 2.75) is 56.0 Å². The number of likely N-dealkylation sites (tertiary alicyclic amines) is 1. The van der Waals surface area contributed by atoms with E-state index in [1.54, 1.807) is 0 Å². The smallest absolute Gasteiger partial charge is 0.0365 e. The molecule has 3 aliphatic heterocycles. The topological polar surface area (TPSA) is 6.48 Å². The molecule has 92 valence electrons. The molecular formula is C13H23ClN2. The molecule has 3 rings (SSSR count). The summed E-state index contributed by atoms with van der Waals surface area (Å²) >= 11 is 6.30. The van der Waals surface area contributed by atoms with Crippen LogP contribution in [0.4, 0.5) is 0 Å². The lowest BCUT2D eigenvalue weighted by Crippen LogP contribution is -2.46. The van der Waals surface area contributed by atoms with Crippen molar-refractivity contribution in [3.8, 4) is 0 Å². The Bertz CT molecular complexity index is 226. The van der Waals surface area contributed by atoms with Gasteiger partial charge in [0.2, 0.25) is 0 Å². The quantitative estimate of drug-likeness (QED) is 0.701. The van der Waals surface area contributed by atoms with E-state index in [-0.39, 0.29) is 0 Å². The molecule has 0 saturated carbocycles. The first-order chi connectivity index (χ1) is 7.83. The van der Waals surface area contributed by atoms with Gasteiger partial charge < -0.3 is 4.90 Å². The van der Waals surface area contributed by atoms with Gasteiger partial charge in [-0.3, -0.25) is 4.90 Å². The number of fused-ring (bicyclic) bond motifs is 2. The van der Waals surface area contributed by atoms with Crippen molar-refractivity contribution in [2.24, 2.45) is 0 Å². The van der Waals surface area contributed by atoms with E-state index in [1.165, 1.54) is 64.7 Å². The van der Waals surface area contributed by atoms with Gasteiger partial charge in [-0.05, 0) is 51.6 Å². The van der Waals surface area contributed by atoms with Crippen LogP contribution in [-0.4, -0.2) is 53.4 Å². The first-order valence-electron chi connectivity index (χ1n) is 6.95. The predicted molar refractivity (Wildman–Crippen MR) is 68.1 cm³/mol. The van der Waals surface area contributed by atoms with E-state index in [0.717, 1.165) is 12.1 Å². The standard InChI is InChI=1S/C13H23ClN2/c14-11-9-12-3-4-13(10-11)16(12)8-7-15-5-1-2-6-15/h11-13H,1-10H2. The van der Waals surface area contributed by atoms with Crippen LogP contribution in [0.1, 0.15) is 38.5 Å². The van der Waals surface area contributed by atoms with Gasteiger partial charge in [0.05, 0.1) is 0 Å². The molecule has 0 aliphatic carbocycles. The maximum atomic E-state index is 6.30. The van der Waals surface area contributed by atoms with Crippen molar-refractivity contribution in [1.29, 1.82) is 0 Å². The largest absolute Gasteiger partial charge is 0.302 e. The van der Waals surface area contributed by atoms with Gasteiger partial charge in [-0.2, -0.15) is 0 Å². The minimum absolute atomic E-state index is 0.459.